The molecule has 1 aromatic heterocycles. The summed E-state index contributed by atoms with van der Waals surface area (Å²) in [6.07, 6.45) is 4.87. The highest BCUT2D eigenvalue weighted by Gasteiger charge is 2.13. The number of pyridine rings is 1. The van der Waals surface area contributed by atoms with E-state index in [1.54, 1.807) is 6.20 Å². The lowest BCUT2D eigenvalue weighted by Crippen LogP contribution is -2.30. The van der Waals surface area contributed by atoms with Gasteiger partial charge in [-0.1, -0.05) is 0 Å². The van der Waals surface area contributed by atoms with Gasteiger partial charge in [-0.05, 0) is 37.5 Å². The molecule has 0 bridgehead atoms. The van der Waals surface area contributed by atoms with E-state index in [-0.39, 0.29) is 0 Å². The highest BCUT2D eigenvalue weighted by molar-refractivity contribution is 7.98. The highest BCUT2D eigenvalue weighted by atomic mass is 32.2. The van der Waals surface area contributed by atoms with Crippen molar-refractivity contribution in [2.75, 3.05) is 24.0 Å². The molecule has 0 aromatic carbocycles. The van der Waals surface area contributed by atoms with Gasteiger partial charge in [0.1, 0.15) is 6.07 Å². The van der Waals surface area contributed by atoms with Crippen LogP contribution in [-0.2, 0) is 0 Å². The molecule has 1 unspecified atom stereocenters. The Balaban J connectivity index is 2.79. The Morgan fingerprint density at radius 1 is 1.62 bits per heavy atom. The minimum atomic E-state index is 0.420. The van der Waals surface area contributed by atoms with Crippen molar-refractivity contribution in [3.05, 3.63) is 24.0 Å². The summed E-state index contributed by atoms with van der Waals surface area (Å²) in [6.45, 7) is 2.17. The summed E-state index contributed by atoms with van der Waals surface area (Å²) >= 11 is 1.85. The van der Waals surface area contributed by atoms with Gasteiger partial charge >= 0.3 is 0 Å². The molecule has 0 aliphatic rings. The van der Waals surface area contributed by atoms with E-state index in [9.17, 15) is 0 Å². The fraction of sp³-hybridized carbons (Fsp3) is 0.500. The molecular formula is C12H17N3S. The van der Waals surface area contributed by atoms with Crippen LogP contribution in [0.5, 0.6) is 0 Å². The molecule has 1 aromatic rings. The van der Waals surface area contributed by atoms with E-state index < -0.39 is 0 Å². The van der Waals surface area contributed by atoms with Crippen molar-refractivity contribution < 1.29 is 0 Å². The van der Waals surface area contributed by atoms with Crippen molar-refractivity contribution in [1.82, 2.24) is 4.98 Å². The molecule has 1 heterocycles. The Kier molecular flexibility index (Phi) is 5.13. The quantitative estimate of drug-likeness (QED) is 0.786. The Labute approximate surface area is 101 Å². The van der Waals surface area contributed by atoms with Gasteiger partial charge in [-0.3, -0.25) is 0 Å². The molecule has 0 saturated heterocycles. The molecule has 0 spiro atoms. The molecular weight excluding hydrogens is 218 g/mol. The topological polar surface area (TPSA) is 39.9 Å². The van der Waals surface area contributed by atoms with Crippen molar-refractivity contribution in [3.63, 3.8) is 0 Å². The van der Waals surface area contributed by atoms with E-state index >= 15 is 0 Å². The summed E-state index contributed by atoms with van der Waals surface area (Å²) in [5, 5.41) is 8.98. The second-order valence-electron chi connectivity index (χ2n) is 3.72. The Hall–Kier alpha value is -1.21. The van der Waals surface area contributed by atoms with Gasteiger partial charge in [0, 0.05) is 19.3 Å². The molecule has 0 amide bonds. The zero-order valence-corrected chi connectivity index (χ0v) is 10.8. The average molecular weight is 235 g/mol. The smallest absolute Gasteiger partial charge is 0.163 e. The van der Waals surface area contributed by atoms with E-state index in [0.717, 1.165) is 17.9 Å². The van der Waals surface area contributed by atoms with Crippen molar-refractivity contribution in [3.8, 4) is 6.07 Å². The fourth-order valence-electron chi connectivity index (χ4n) is 1.49. The van der Waals surface area contributed by atoms with Gasteiger partial charge in [-0.2, -0.15) is 17.0 Å². The first-order valence-electron chi connectivity index (χ1n) is 5.27. The summed E-state index contributed by atoms with van der Waals surface area (Å²) in [5.41, 5.74) is 1.42. The molecule has 4 heteroatoms. The predicted molar refractivity (Wildman–Crippen MR) is 69.8 cm³/mol. The monoisotopic (exact) mass is 235 g/mol. The zero-order chi connectivity index (χ0) is 12.0. The van der Waals surface area contributed by atoms with E-state index in [1.165, 1.54) is 0 Å². The van der Waals surface area contributed by atoms with Crippen LogP contribution in [0.1, 0.15) is 19.0 Å². The standard InChI is InChI=1S/C12H17N3S/c1-10(6-8-16-3)15(2)12-5-4-7-14-11(12)9-13/h4-5,7,10H,6,8H2,1-3H3. The van der Waals surface area contributed by atoms with Gasteiger partial charge < -0.3 is 4.90 Å². The first kappa shape index (κ1) is 12.9. The van der Waals surface area contributed by atoms with E-state index in [0.29, 0.717) is 11.7 Å². The van der Waals surface area contributed by atoms with Crippen LogP contribution in [0.3, 0.4) is 0 Å². The van der Waals surface area contributed by atoms with Gasteiger partial charge in [-0.25, -0.2) is 4.98 Å². The van der Waals surface area contributed by atoms with E-state index in [1.807, 2.05) is 30.9 Å². The molecule has 0 saturated carbocycles. The number of hydrogen-bond acceptors (Lipinski definition) is 4. The van der Waals surface area contributed by atoms with Crippen molar-refractivity contribution in [1.29, 1.82) is 5.26 Å². The van der Waals surface area contributed by atoms with Crippen LogP contribution < -0.4 is 4.90 Å². The van der Waals surface area contributed by atoms with Gasteiger partial charge in [0.25, 0.3) is 0 Å². The molecule has 3 nitrogen and oxygen atoms in total. The zero-order valence-electron chi connectivity index (χ0n) is 9.97. The van der Waals surface area contributed by atoms with Gasteiger partial charge in [-0.15, -0.1) is 0 Å². The normalized spacial score (nSPS) is 11.9. The van der Waals surface area contributed by atoms with Gasteiger partial charge in [0.05, 0.1) is 5.69 Å². The number of anilines is 1. The maximum atomic E-state index is 8.98. The van der Waals surface area contributed by atoms with Crippen LogP contribution >= 0.6 is 11.8 Å². The SMILES string of the molecule is CSCCC(C)N(C)c1cccnc1C#N. The van der Waals surface area contributed by atoms with Crippen LogP contribution in [0.15, 0.2) is 18.3 Å². The lowest BCUT2D eigenvalue weighted by atomic mass is 10.2. The molecule has 0 radical (unpaired) electrons. The van der Waals surface area contributed by atoms with Crippen LogP contribution in [0.2, 0.25) is 0 Å². The summed E-state index contributed by atoms with van der Waals surface area (Å²) in [6, 6.07) is 6.36. The molecule has 1 rings (SSSR count). The largest absolute Gasteiger partial charge is 0.370 e. The van der Waals surface area contributed by atoms with E-state index in [2.05, 4.69) is 29.1 Å². The lowest BCUT2D eigenvalue weighted by molar-refractivity contribution is 0.667. The van der Waals surface area contributed by atoms with Crippen molar-refractivity contribution in [2.24, 2.45) is 0 Å². The summed E-state index contributed by atoms with van der Waals surface area (Å²) in [7, 11) is 2.02. The number of aromatic nitrogens is 1. The van der Waals surface area contributed by atoms with Crippen LogP contribution in [-0.4, -0.2) is 30.1 Å². The van der Waals surface area contributed by atoms with Crippen molar-refractivity contribution in [2.45, 2.75) is 19.4 Å². The van der Waals surface area contributed by atoms with E-state index in [4.69, 9.17) is 5.26 Å². The number of rotatable bonds is 5. The second-order valence-corrected chi connectivity index (χ2v) is 4.71. The minimum Gasteiger partial charge on any atom is -0.370 e. The molecule has 0 aliphatic heterocycles. The molecule has 0 N–H and O–H groups in total. The van der Waals surface area contributed by atoms with Crippen LogP contribution in [0.25, 0.3) is 0 Å². The molecule has 0 fully saturated rings. The predicted octanol–water partition coefficient (Wildman–Crippen LogP) is 2.53. The average Bonchev–Trinajstić information content (AvgIpc) is 2.34. The summed E-state index contributed by atoms with van der Waals surface area (Å²) in [5.74, 6) is 1.13. The summed E-state index contributed by atoms with van der Waals surface area (Å²) in [4.78, 5) is 6.20. The lowest BCUT2D eigenvalue weighted by Gasteiger charge is -2.27. The number of nitriles is 1. The van der Waals surface area contributed by atoms with Crippen LogP contribution in [0.4, 0.5) is 5.69 Å². The third-order valence-corrected chi connectivity index (χ3v) is 3.32. The molecule has 86 valence electrons. The van der Waals surface area contributed by atoms with Crippen LogP contribution in [0, 0.1) is 11.3 Å². The van der Waals surface area contributed by atoms with Gasteiger partial charge in [0.15, 0.2) is 5.69 Å². The number of hydrogen-bond donors (Lipinski definition) is 0. The third-order valence-electron chi connectivity index (χ3n) is 2.67. The maximum Gasteiger partial charge on any atom is 0.163 e. The molecule has 16 heavy (non-hydrogen) atoms. The first-order valence-corrected chi connectivity index (χ1v) is 6.67. The molecule has 0 aliphatic carbocycles. The Morgan fingerprint density at radius 2 is 2.38 bits per heavy atom. The van der Waals surface area contributed by atoms with Gasteiger partial charge in [0.2, 0.25) is 0 Å². The first-order chi connectivity index (χ1) is 7.70. The fourth-order valence-corrected chi connectivity index (χ4v) is 2.06. The molecule has 1 atom stereocenters. The Morgan fingerprint density at radius 3 is 3.00 bits per heavy atom. The number of thioether (sulfide) groups is 1. The second kappa shape index (κ2) is 6.39. The summed E-state index contributed by atoms with van der Waals surface area (Å²) < 4.78 is 0. The van der Waals surface area contributed by atoms with Crippen molar-refractivity contribution >= 4 is 17.4 Å². The maximum absolute atomic E-state index is 8.98. The minimum absolute atomic E-state index is 0.420. The highest BCUT2D eigenvalue weighted by Crippen LogP contribution is 2.19. The third kappa shape index (κ3) is 3.14. The Bertz CT molecular complexity index is 373. The number of nitrogens with zero attached hydrogens (tertiary/aromatic N) is 3.